The topological polar surface area (TPSA) is 58.4 Å². The highest BCUT2D eigenvalue weighted by Crippen LogP contribution is 2.13. The maximum atomic E-state index is 11.5. The molecule has 1 aliphatic rings. The minimum Gasteiger partial charge on any atom is -0.325 e. The molecule has 1 unspecified atom stereocenters. The summed E-state index contributed by atoms with van der Waals surface area (Å²) in [6, 6.07) is 7.57. The van der Waals surface area contributed by atoms with Gasteiger partial charge in [-0.1, -0.05) is 12.1 Å². The Labute approximate surface area is 137 Å². The number of amides is 1. The van der Waals surface area contributed by atoms with Crippen molar-refractivity contribution in [3.63, 3.8) is 0 Å². The Hall–Kier alpha value is -0.750. The second-order valence-electron chi connectivity index (χ2n) is 5.18. The van der Waals surface area contributed by atoms with Gasteiger partial charge in [-0.15, -0.1) is 12.4 Å². The van der Waals surface area contributed by atoms with Gasteiger partial charge in [0, 0.05) is 36.8 Å². The van der Waals surface area contributed by atoms with Gasteiger partial charge in [0.05, 0.1) is 6.04 Å². The molecule has 1 atom stereocenters. The minimum absolute atomic E-state index is 0. The van der Waals surface area contributed by atoms with Crippen LogP contribution in [0.5, 0.6) is 0 Å². The highest BCUT2D eigenvalue weighted by Gasteiger charge is 2.10. The molecular formula is C15H24ClN3OS. The van der Waals surface area contributed by atoms with Crippen LogP contribution in [0.4, 0.5) is 5.69 Å². The first-order chi connectivity index (χ1) is 9.65. The average molecular weight is 330 g/mol. The van der Waals surface area contributed by atoms with Crippen molar-refractivity contribution in [1.82, 2.24) is 4.90 Å². The summed E-state index contributed by atoms with van der Waals surface area (Å²) < 4.78 is 0. The molecule has 1 saturated heterocycles. The van der Waals surface area contributed by atoms with Crippen LogP contribution >= 0.6 is 24.2 Å². The highest BCUT2D eigenvalue weighted by atomic mass is 35.5. The lowest BCUT2D eigenvalue weighted by Gasteiger charge is -2.26. The van der Waals surface area contributed by atoms with E-state index in [0.29, 0.717) is 0 Å². The Morgan fingerprint density at radius 1 is 1.33 bits per heavy atom. The van der Waals surface area contributed by atoms with Crippen LogP contribution in [0.15, 0.2) is 24.3 Å². The SMILES string of the molecule is CC(N)C(=O)Nc1ccc(CCN2CCSCC2)cc1.Cl. The fraction of sp³-hybridized carbons (Fsp3) is 0.533. The van der Waals surface area contributed by atoms with E-state index in [2.05, 4.69) is 22.3 Å². The van der Waals surface area contributed by atoms with Gasteiger partial charge in [0.2, 0.25) is 5.91 Å². The van der Waals surface area contributed by atoms with E-state index in [0.717, 1.165) is 18.7 Å². The second-order valence-corrected chi connectivity index (χ2v) is 6.40. The van der Waals surface area contributed by atoms with E-state index < -0.39 is 6.04 Å². The predicted molar refractivity (Wildman–Crippen MR) is 93.4 cm³/mol. The van der Waals surface area contributed by atoms with Gasteiger partial charge in [0.1, 0.15) is 0 Å². The third-order valence-electron chi connectivity index (χ3n) is 3.46. The van der Waals surface area contributed by atoms with Crippen LogP contribution in [-0.4, -0.2) is 48.0 Å². The number of hydrogen-bond donors (Lipinski definition) is 2. The Morgan fingerprint density at radius 2 is 1.95 bits per heavy atom. The molecule has 1 heterocycles. The summed E-state index contributed by atoms with van der Waals surface area (Å²) in [6.07, 6.45) is 1.06. The molecule has 0 radical (unpaired) electrons. The predicted octanol–water partition coefficient (Wildman–Crippen LogP) is 1.99. The van der Waals surface area contributed by atoms with Gasteiger partial charge < -0.3 is 16.0 Å². The summed E-state index contributed by atoms with van der Waals surface area (Å²) in [5.74, 6) is 2.35. The molecule has 118 valence electrons. The number of thioether (sulfide) groups is 1. The number of nitrogens with two attached hydrogens (primary N) is 1. The Kier molecular flexibility index (Phi) is 8.11. The van der Waals surface area contributed by atoms with E-state index in [1.807, 2.05) is 23.9 Å². The summed E-state index contributed by atoms with van der Waals surface area (Å²) in [6.45, 7) is 5.20. The van der Waals surface area contributed by atoms with Crippen molar-refractivity contribution in [2.24, 2.45) is 5.73 Å². The molecule has 0 aromatic heterocycles. The summed E-state index contributed by atoms with van der Waals surface area (Å²) in [5.41, 5.74) is 7.64. The lowest BCUT2D eigenvalue weighted by molar-refractivity contribution is -0.117. The smallest absolute Gasteiger partial charge is 0.240 e. The number of nitrogens with one attached hydrogen (secondary N) is 1. The van der Waals surface area contributed by atoms with Crippen molar-refractivity contribution in [2.75, 3.05) is 36.5 Å². The molecule has 1 aromatic rings. The van der Waals surface area contributed by atoms with E-state index in [1.165, 1.54) is 30.2 Å². The number of benzene rings is 1. The molecule has 0 bridgehead atoms. The molecule has 1 amide bonds. The van der Waals surface area contributed by atoms with E-state index in [1.54, 1.807) is 6.92 Å². The largest absolute Gasteiger partial charge is 0.325 e. The fourth-order valence-corrected chi connectivity index (χ4v) is 3.10. The maximum absolute atomic E-state index is 11.5. The number of rotatable bonds is 5. The molecule has 0 aliphatic carbocycles. The van der Waals surface area contributed by atoms with Crippen molar-refractivity contribution in [1.29, 1.82) is 0 Å². The number of carbonyl (C=O) groups excluding carboxylic acids is 1. The molecule has 3 N–H and O–H groups in total. The number of carbonyl (C=O) groups is 1. The number of anilines is 1. The monoisotopic (exact) mass is 329 g/mol. The summed E-state index contributed by atoms with van der Waals surface area (Å²) >= 11 is 2.04. The molecule has 21 heavy (non-hydrogen) atoms. The molecule has 6 heteroatoms. The fourth-order valence-electron chi connectivity index (χ4n) is 2.12. The van der Waals surface area contributed by atoms with Crippen LogP contribution in [0.1, 0.15) is 12.5 Å². The van der Waals surface area contributed by atoms with Crippen molar-refractivity contribution in [2.45, 2.75) is 19.4 Å². The Bertz CT molecular complexity index is 433. The number of hydrogen-bond acceptors (Lipinski definition) is 4. The van der Waals surface area contributed by atoms with Gasteiger partial charge in [-0.05, 0) is 31.0 Å². The first kappa shape index (κ1) is 18.3. The van der Waals surface area contributed by atoms with Gasteiger partial charge in [0.25, 0.3) is 0 Å². The third-order valence-corrected chi connectivity index (χ3v) is 4.40. The van der Waals surface area contributed by atoms with Crippen LogP contribution in [0.25, 0.3) is 0 Å². The van der Waals surface area contributed by atoms with Crippen LogP contribution in [0, 0.1) is 0 Å². The van der Waals surface area contributed by atoms with E-state index in [-0.39, 0.29) is 18.3 Å². The molecule has 1 aromatic carbocycles. The molecule has 0 spiro atoms. The zero-order valence-electron chi connectivity index (χ0n) is 12.4. The lowest BCUT2D eigenvalue weighted by atomic mass is 10.1. The number of halogens is 1. The Morgan fingerprint density at radius 3 is 2.52 bits per heavy atom. The van der Waals surface area contributed by atoms with Gasteiger partial charge >= 0.3 is 0 Å². The van der Waals surface area contributed by atoms with Gasteiger partial charge in [-0.25, -0.2) is 0 Å². The summed E-state index contributed by atoms with van der Waals surface area (Å²) in [7, 11) is 0. The summed E-state index contributed by atoms with van der Waals surface area (Å²) in [5, 5.41) is 2.80. The lowest BCUT2D eigenvalue weighted by Crippen LogP contribution is -2.34. The third kappa shape index (κ3) is 6.26. The van der Waals surface area contributed by atoms with E-state index in [9.17, 15) is 4.79 Å². The average Bonchev–Trinajstić information content (AvgIpc) is 2.47. The van der Waals surface area contributed by atoms with E-state index >= 15 is 0 Å². The number of nitrogens with zero attached hydrogens (tertiary/aromatic N) is 1. The van der Waals surface area contributed by atoms with Crippen molar-refractivity contribution < 1.29 is 4.79 Å². The summed E-state index contributed by atoms with van der Waals surface area (Å²) in [4.78, 5) is 14.0. The standard InChI is InChI=1S/C15H23N3OS.ClH/c1-12(16)15(19)17-14-4-2-13(3-5-14)6-7-18-8-10-20-11-9-18;/h2-5,12H,6-11,16H2,1H3,(H,17,19);1H. The van der Waals surface area contributed by atoms with Crippen LogP contribution in [0.2, 0.25) is 0 Å². The second kappa shape index (κ2) is 9.30. The zero-order chi connectivity index (χ0) is 14.4. The zero-order valence-corrected chi connectivity index (χ0v) is 14.0. The van der Waals surface area contributed by atoms with E-state index in [4.69, 9.17) is 5.73 Å². The molecule has 1 fully saturated rings. The van der Waals surface area contributed by atoms with Crippen LogP contribution in [-0.2, 0) is 11.2 Å². The molecule has 0 saturated carbocycles. The first-order valence-corrected chi connectivity index (χ1v) is 8.26. The maximum Gasteiger partial charge on any atom is 0.240 e. The quantitative estimate of drug-likeness (QED) is 0.867. The van der Waals surface area contributed by atoms with Gasteiger partial charge in [-0.3, -0.25) is 4.79 Å². The highest BCUT2D eigenvalue weighted by molar-refractivity contribution is 7.99. The Balaban J connectivity index is 0.00000220. The van der Waals surface area contributed by atoms with Gasteiger partial charge in [0.15, 0.2) is 0 Å². The molecule has 1 aliphatic heterocycles. The normalized spacial score (nSPS) is 16.9. The van der Waals surface area contributed by atoms with Crippen LogP contribution < -0.4 is 11.1 Å². The van der Waals surface area contributed by atoms with Crippen molar-refractivity contribution >= 4 is 35.8 Å². The molecule has 2 rings (SSSR count). The minimum atomic E-state index is -0.480. The van der Waals surface area contributed by atoms with Crippen molar-refractivity contribution in [3.05, 3.63) is 29.8 Å². The van der Waals surface area contributed by atoms with Crippen LogP contribution in [0.3, 0.4) is 0 Å². The molecule has 4 nitrogen and oxygen atoms in total. The first-order valence-electron chi connectivity index (χ1n) is 7.10. The van der Waals surface area contributed by atoms with Crippen molar-refractivity contribution in [3.8, 4) is 0 Å². The van der Waals surface area contributed by atoms with Gasteiger partial charge in [-0.2, -0.15) is 11.8 Å². The molecular weight excluding hydrogens is 306 g/mol.